The van der Waals surface area contributed by atoms with Gasteiger partial charge in [0.25, 0.3) is 0 Å². The molecule has 0 fully saturated rings. The van der Waals surface area contributed by atoms with Crippen LogP contribution in [0.2, 0.25) is 0 Å². The minimum Gasteiger partial charge on any atom is -0.399 e. The second kappa shape index (κ2) is 6.76. The molecule has 2 rings (SSSR count). The first kappa shape index (κ1) is 16.3. The van der Waals surface area contributed by atoms with Crippen LogP contribution in [0.5, 0.6) is 0 Å². The van der Waals surface area contributed by atoms with Gasteiger partial charge in [0.2, 0.25) is 10.0 Å². The lowest BCUT2D eigenvalue weighted by Gasteiger charge is -2.18. The molecule has 0 aliphatic rings. The van der Waals surface area contributed by atoms with Gasteiger partial charge in [-0.3, -0.25) is 4.98 Å². The van der Waals surface area contributed by atoms with Gasteiger partial charge in [0.05, 0.1) is 5.69 Å². The fraction of sp³-hybridized carbons (Fsp3) is 0.267. The van der Waals surface area contributed by atoms with Gasteiger partial charge in [0, 0.05) is 44.6 Å². The average molecular weight is 320 g/mol. The summed E-state index contributed by atoms with van der Waals surface area (Å²) in [6, 6.07) is 10.4. The van der Waals surface area contributed by atoms with E-state index in [1.807, 2.05) is 18.2 Å². The monoisotopic (exact) mass is 320 g/mol. The normalized spacial score (nSPS) is 11.4. The molecule has 0 atom stereocenters. The Morgan fingerprint density at radius 1 is 1.23 bits per heavy atom. The minimum absolute atomic E-state index is 0.179. The van der Waals surface area contributed by atoms with Gasteiger partial charge in [-0.15, -0.1) is 0 Å². The van der Waals surface area contributed by atoms with E-state index in [1.165, 1.54) is 6.07 Å². The zero-order chi connectivity index (χ0) is 16.2. The zero-order valence-corrected chi connectivity index (χ0v) is 13.5. The Bertz CT molecular complexity index is 730. The molecule has 2 aromatic rings. The molecule has 0 spiro atoms. The molecule has 0 unspecified atom stereocenters. The van der Waals surface area contributed by atoms with E-state index in [0.29, 0.717) is 17.8 Å². The lowest BCUT2D eigenvalue weighted by molar-refractivity contribution is 0.581. The van der Waals surface area contributed by atoms with Gasteiger partial charge >= 0.3 is 0 Å². The van der Waals surface area contributed by atoms with Crippen LogP contribution in [0.3, 0.4) is 0 Å². The Morgan fingerprint density at radius 2 is 2.00 bits per heavy atom. The second-order valence-electron chi connectivity index (χ2n) is 5.09. The summed E-state index contributed by atoms with van der Waals surface area (Å²) in [4.78, 5) is 6.09. The third-order valence-electron chi connectivity index (χ3n) is 3.15. The van der Waals surface area contributed by atoms with Crippen LogP contribution in [0.25, 0.3) is 0 Å². The topological polar surface area (TPSA) is 88.3 Å². The van der Waals surface area contributed by atoms with Crippen LogP contribution in [-0.4, -0.2) is 34.0 Å². The van der Waals surface area contributed by atoms with Crippen molar-refractivity contribution in [3.8, 4) is 0 Å². The van der Waals surface area contributed by atoms with Crippen LogP contribution in [0.1, 0.15) is 5.69 Å². The lowest BCUT2D eigenvalue weighted by Crippen LogP contribution is -2.28. The first-order valence-corrected chi connectivity index (χ1v) is 8.35. The Balaban J connectivity index is 2.15. The first-order valence-electron chi connectivity index (χ1n) is 6.86. The molecule has 7 heteroatoms. The highest BCUT2D eigenvalue weighted by molar-refractivity contribution is 7.89. The zero-order valence-electron chi connectivity index (χ0n) is 12.7. The maximum Gasteiger partial charge on any atom is 0.242 e. The third kappa shape index (κ3) is 3.96. The van der Waals surface area contributed by atoms with Crippen molar-refractivity contribution in [1.29, 1.82) is 0 Å². The number of pyridine rings is 1. The van der Waals surface area contributed by atoms with E-state index < -0.39 is 10.0 Å². The summed E-state index contributed by atoms with van der Waals surface area (Å²) in [5.41, 5.74) is 7.57. The molecular formula is C15H20N4O2S. The van der Waals surface area contributed by atoms with Crippen LogP contribution in [0.15, 0.2) is 47.5 Å². The minimum atomic E-state index is -3.63. The molecule has 0 aliphatic carbocycles. The van der Waals surface area contributed by atoms with Crippen LogP contribution in [-0.2, 0) is 16.4 Å². The molecule has 0 bridgehead atoms. The van der Waals surface area contributed by atoms with Crippen molar-refractivity contribution in [3.63, 3.8) is 0 Å². The number of sulfonamides is 1. The van der Waals surface area contributed by atoms with Crippen LogP contribution < -0.4 is 15.4 Å². The number of anilines is 2. The summed E-state index contributed by atoms with van der Waals surface area (Å²) >= 11 is 0. The van der Waals surface area contributed by atoms with Crippen molar-refractivity contribution in [2.45, 2.75) is 11.3 Å². The Hall–Kier alpha value is -2.12. The van der Waals surface area contributed by atoms with Gasteiger partial charge in [0.15, 0.2) is 0 Å². The summed E-state index contributed by atoms with van der Waals surface area (Å²) in [7, 11) is -0.0478. The first-order chi connectivity index (χ1) is 10.4. The molecule has 3 N–H and O–H groups in total. The average Bonchev–Trinajstić information content (AvgIpc) is 2.47. The SMILES string of the molecule is CN(C)c1ccc(N)cc1S(=O)(=O)NCCc1ccccn1. The van der Waals surface area contributed by atoms with E-state index in [1.54, 1.807) is 37.3 Å². The number of hydrogen-bond donors (Lipinski definition) is 2. The number of nitrogens with two attached hydrogens (primary N) is 1. The maximum absolute atomic E-state index is 12.5. The van der Waals surface area contributed by atoms with Gasteiger partial charge in [-0.2, -0.15) is 0 Å². The largest absolute Gasteiger partial charge is 0.399 e. The van der Waals surface area contributed by atoms with Gasteiger partial charge in [0.1, 0.15) is 4.90 Å². The van der Waals surface area contributed by atoms with Gasteiger partial charge in [-0.25, -0.2) is 13.1 Å². The summed E-state index contributed by atoms with van der Waals surface area (Å²) in [6.45, 7) is 0.279. The Morgan fingerprint density at radius 3 is 2.64 bits per heavy atom. The summed E-state index contributed by atoms with van der Waals surface area (Å²) in [5.74, 6) is 0. The number of nitrogens with one attached hydrogen (secondary N) is 1. The van der Waals surface area contributed by atoms with E-state index in [0.717, 1.165) is 5.69 Å². The van der Waals surface area contributed by atoms with Gasteiger partial charge in [-0.1, -0.05) is 6.07 Å². The predicted octanol–water partition coefficient (Wildman–Crippen LogP) is 1.25. The van der Waals surface area contributed by atoms with Crippen molar-refractivity contribution in [3.05, 3.63) is 48.3 Å². The number of benzene rings is 1. The van der Waals surface area contributed by atoms with Crippen molar-refractivity contribution in [2.24, 2.45) is 0 Å². The summed E-state index contributed by atoms with van der Waals surface area (Å²) in [5, 5.41) is 0. The third-order valence-corrected chi connectivity index (χ3v) is 4.64. The molecule has 22 heavy (non-hydrogen) atoms. The molecule has 0 amide bonds. The summed E-state index contributed by atoms with van der Waals surface area (Å²) in [6.07, 6.45) is 2.21. The predicted molar refractivity (Wildman–Crippen MR) is 88.3 cm³/mol. The fourth-order valence-electron chi connectivity index (χ4n) is 2.05. The molecule has 118 valence electrons. The maximum atomic E-state index is 12.5. The highest BCUT2D eigenvalue weighted by Crippen LogP contribution is 2.25. The van der Waals surface area contributed by atoms with Crippen LogP contribution >= 0.6 is 0 Å². The second-order valence-corrected chi connectivity index (χ2v) is 6.83. The van der Waals surface area contributed by atoms with Gasteiger partial charge < -0.3 is 10.6 Å². The lowest BCUT2D eigenvalue weighted by atomic mass is 10.3. The summed E-state index contributed by atoms with van der Waals surface area (Å²) < 4.78 is 27.6. The van der Waals surface area contributed by atoms with Crippen molar-refractivity contribution < 1.29 is 8.42 Å². The van der Waals surface area contributed by atoms with E-state index in [2.05, 4.69) is 9.71 Å². The fourth-order valence-corrected chi connectivity index (χ4v) is 3.40. The highest BCUT2D eigenvalue weighted by Gasteiger charge is 2.19. The number of aromatic nitrogens is 1. The molecule has 1 aromatic carbocycles. The van der Waals surface area contributed by atoms with Crippen molar-refractivity contribution in [2.75, 3.05) is 31.3 Å². The molecule has 0 saturated carbocycles. The molecule has 1 aromatic heterocycles. The highest BCUT2D eigenvalue weighted by atomic mass is 32.2. The molecule has 0 radical (unpaired) electrons. The van der Waals surface area contributed by atoms with E-state index in [9.17, 15) is 8.42 Å². The van der Waals surface area contributed by atoms with Crippen LogP contribution in [0.4, 0.5) is 11.4 Å². The Kier molecular flexibility index (Phi) is 4.99. The molecule has 0 saturated heterocycles. The number of nitrogens with zero attached hydrogens (tertiary/aromatic N) is 2. The Labute approximate surface area is 131 Å². The molecule has 1 heterocycles. The van der Waals surface area contributed by atoms with E-state index in [-0.39, 0.29) is 11.4 Å². The quantitative estimate of drug-likeness (QED) is 0.782. The molecule has 0 aliphatic heterocycles. The number of rotatable bonds is 6. The van der Waals surface area contributed by atoms with E-state index >= 15 is 0 Å². The molecular weight excluding hydrogens is 300 g/mol. The van der Waals surface area contributed by atoms with Crippen LogP contribution in [0, 0.1) is 0 Å². The van der Waals surface area contributed by atoms with Crippen molar-refractivity contribution in [1.82, 2.24) is 9.71 Å². The van der Waals surface area contributed by atoms with E-state index in [4.69, 9.17) is 5.73 Å². The number of hydrogen-bond acceptors (Lipinski definition) is 5. The smallest absolute Gasteiger partial charge is 0.242 e. The number of nitrogen functional groups attached to an aromatic ring is 1. The standard InChI is InChI=1S/C15H20N4O2S/c1-19(2)14-7-6-12(16)11-15(14)22(20,21)18-10-8-13-5-3-4-9-17-13/h3-7,9,11,18H,8,10,16H2,1-2H3. The van der Waals surface area contributed by atoms with Crippen molar-refractivity contribution >= 4 is 21.4 Å². The molecule has 6 nitrogen and oxygen atoms in total. The van der Waals surface area contributed by atoms with Gasteiger partial charge in [-0.05, 0) is 30.3 Å².